The fraction of sp³-hybridized carbons (Fsp3) is 0.391. The maximum Gasteiger partial charge on any atom is 0.304 e. The van der Waals surface area contributed by atoms with Gasteiger partial charge in [-0.2, -0.15) is 12.7 Å². The Hall–Kier alpha value is -2.98. The molecule has 2 aromatic rings. The Balaban J connectivity index is 2.40. The lowest BCUT2D eigenvalue weighted by atomic mass is 10.1. The molecule has 0 saturated heterocycles. The van der Waals surface area contributed by atoms with E-state index in [9.17, 15) is 22.4 Å². The Labute approximate surface area is 195 Å². The highest BCUT2D eigenvalue weighted by molar-refractivity contribution is 7.90. The van der Waals surface area contributed by atoms with Crippen molar-refractivity contribution < 1.29 is 22.4 Å². The molecule has 8 nitrogen and oxygen atoms in total. The van der Waals surface area contributed by atoms with Crippen LogP contribution in [0.4, 0.5) is 10.1 Å². The van der Waals surface area contributed by atoms with Crippen molar-refractivity contribution in [2.45, 2.75) is 32.9 Å². The number of anilines is 1. The molecule has 2 amide bonds. The summed E-state index contributed by atoms with van der Waals surface area (Å²) in [5, 5.41) is 2.78. The molecule has 180 valence electrons. The predicted octanol–water partition coefficient (Wildman–Crippen LogP) is 2.38. The van der Waals surface area contributed by atoms with Crippen molar-refractivity contribution in [1.29, 1.82) is 0 Å². The number of rotatable bonds is 11. The lowest BCUT2D eigenvalue weighted by molar-refractivity contribution is -0.139. The van der Waals surface area contributed by atoms with Crippen molar-refractivity contribution in [1.82, 2.24) is 14.5 Å². The summed E-state index contributed by atoms with van der Waals surface area (Å²) in [7, 11) is -1.38. The average Bonchev–Trinajstić information content (AvgIpc) is 2.80. The van der Waals surface area contributed by atoms with Crippen LogP contribution >= 0.6 is 0 Å². The fourth-order valence-electron chi connectivity index (χ4n) is 3.08. The van der Waals surface area contributed by atoms with Gasteiger partial charge in [0.15, 0.2) is 0 Å². The third kappa shape index (κ3) is 7.00. The van der Waals surface area contributed by atoms with E-state index < -0.39 is 34.5 Å². The standard InChI is InChI=1S/C23H31FN4O4S/c1-5-15-25-23(30)18(2)27(16-19-9-7-6-8-10-19)22(29)17-28(33(31,32)26(3)4)21-13-11-20(24)12-14-21/h6-14,18H,5,15-17H2,1-4H3,(H,25,30)/t18-/m1/s1. The molecular weight excluding hydrogens is 447 g/mol. The molecule has 0 aliphatic heterocycles. The molecule has 0 bridgehead atoms. The number of halogens is 1. The summed E-state index contributed by atoms with van der Waals surface area (Å²) >= 11 is 0. The quantitative estimate of drug-likeness (QED) is 0.537. The molecule has 10 heteroatoms. The van der Waals surface area contributed by atoms with Gasteiger partial charge in [-0.3, -0.25) is 9.59 Å². The van der Waals surface area contributed by atoms with E-state index in [0.29, 0.717) is 6.54 Å². The lowest BCUT2D eigenvalue weighted by Gasteiger charge is -2.32. The van der Waals surface area contributed by atoms with Gasteiger partial charge in [0.2, 0.25) is 11.8 Å². The van der Waals surface area contributed by atoms with E-state index in [2.05, 4.69) is 5.32 Å². The Kier molecular flexibility index (Phi) is 9.36. The molecular formula is C23H31FN4O4S. The zero-order valence-electron chi connectivity index (χ0n) is 19.4. The van der Waals surface area contributed by atoms with Gasteiger partial charge in [-0.1, -0.05) is 37.3 Å². The number of nitrogens with one attached hydrogen (secondary N) is 1. The van der Waals surface area contributed by atoms with Crippen LogP contribution in [0.15, 0.2) is 54.6 Å². The van der Waals surface area contributed by atoms with Crippen molar-refractivity contribution in [3.63, 3.8) is 0 Å². The molecule has 0 aliphatic carbocycles. The SMILES string of the molecule is CCCNC(=O)[C@@H](C)N(Cc1ccccc1)C(=O)CN(c1ccc(F)cc1)S(=O)(=O)N(C)C. The summed E-state index contributed by atoms with van der Waals surface area (Å²) in [4.78, 5) is 27.4. The summed E-state index contributed by atoms with van der Waals surface area (Å²) in [6.07, 6.45) is 0.741. The molecule has 1 N–H and O–H groups in total. The molecule has 0 unspecified atom stereocenters. The fourth-order valence-corrected chi connectivity index (χ4v) is 4.14. The number of nitrogens with zero attached hydrogens (tertiary/aromatic N) is 3. The van der Waals surface area contributed by atoms with E-state index in [1.165, 1.54) is 31.1 Å². The number of hydrogen-bond acceptors (Lipinski definition) is 4. The van der Waals surface area contributed by atoms with E-state index in [0.717, 1.165) is 32.7 Å². The van der Waals surface area contributed by atoms with Crippen LogP contribution in [0.5, 0.6) is 0 Å². The molecule has 33 heavy (non-hydrogen) atoms. The molecule has 2 aromatic carbocycles. The van der Waals surface area contributed by atoms with E-state index in [-0.39, 0.29) is 18.1 Å². The summed E-state index contributed by atoms with van der Waals surface area (Å²) < 4.78 is 41.3. The molecule has 0 saturated carbocycles. The maximum absolute atomic E-state index is 13.4. The number of carbonyl (C=O) groups excluding carboxylic acids is 2. The first-order chi connectivity index (χ1) is 15.6. The van der Waals surface area contributed by atoms with Crippen LogP contribution in [0.25, 0.3) is 0 Å². The predicted molar refractivity (Wildman–Crippen MR) is 126 cm³/mol. The summed E-state index contributed by atoms with van der Waals surface area (Å²) in [5.41, 5.74) is 0.936. The van der Waals surface area contributed by atoms with E-state index in [1.54, 1.807) is 6.92 Å². The Morgan fingerprint density at radius 3 is 2.18 bits per heavy atom. The monoisotopic (exact) mass is 478 g/mol. The van der Waals surface area contributed by atoms with Crippen molar-refractivity contribution in [3.05, 3.63) is 66.0 Å². The summed E-state index contributed by atoms with van der Waals surface area (Å²) in [6, 6.07) is 13.1. The van der Waals surface area contributed by atoms with Crippen molar-refractivity contribution in [2.24, 2.45) is 0 Å². The molecule has 0 heterocycles. The summed E-state index contributed by atoms with van der Waals surface area (Å²) in [5.74, 6) is -1.42. The van der Waals surface area contributed by atoms with Gasteiger partial charge < -0.3 is 10.2 Å². The average molecular weight is 479 g/mol. The zero-order valence-corrected chi connectivity index (χ0v) is 20.2. The Morgan fingerprint density at radius 1 is 1.03 bits per heavy atom. The minimum Gasteiger partial charge on any atom is -0.354 e. The minimum absolute atomic E-state index is 0.125. The van der Waals surface area contributed by atoms with Gasteiger partial charge >= 0.3 is 10.2 Å². The highest BCUT2D eigenvalue weighted by Crippen LogP contribution is 2.21. The van der Waals surface area contributed by atoms with Gasteiger partial charge in [-0.25, -0.2) is 8.70 Å². The summed E-state index contributed by atoms with van der Waals surface area (Å²) in [6.45, 7) is 3.57. The number of hydrogen-bond donors (Lipinski definition) is 1. The smallest absolute Gasteiger partial charge is 0.304 e. The number of amides is 2. The van der Waals surface area contributed by atoms with Crippen LogP contribution in [0.2, 0.25) is 0 Å². The highest BCUT2D eigenvalue weighted by atomic mass is 32.2. The topological polar surface area (TPSA) is 90.0 Å². The molecule has 0 aromatic heterocycles. The Morgan fingerprint density at radius 2 is 1.64 bits per heavy atom. The molecule has 0 aliphatic rings. The lowest BCUT2D eigenvalue weighted by Crippen LogP contribution is -2.52. The van der Waals surface area contributed by atoms with Gasteiger partial charge in [-0.05, 0) is 43.2 Å². The van der Waals surface area contributed by atoms with Crippen LogP contribution in [-0.4, -0.2) is 62.7 Å². The van der Waals surface area contributed by atoms with Crippen molar-refractivity contribution >= 4 is 27.7 Å². The maximum atomic E-state index is 13.4. The normalized spacial score (nSPS) is 12.3. The Bertz CT molecular complexity index is 1030. The third-order valence-corrected chi connectivity index (χ3v) is 6.87. The third-order valence-electron chi connectivity index (χ3n) is 5.05. The van der Waals surface area contributed by atoms with E-state index in [4.69, 9.17) is 0 Å². The van der Waals surface area contributed by atoms with Gasteiger partial charge in [0.1, 0.15) is 18.4 Å². The van der Waals surface area contributed by atoms with Crippen LogP contribution < -0.4 is 9.62 Å². The van der Waals surface area contributed by atoms with Crippen LogP contribution in [0.3, 0.4) is 0 Å². The number of carbonyl (C=O) groups is 2. The molecule has 0 spiro atoms. The van der Waals surface area contributed by atoms with E-state index >= 15 is 0 Å². The zero-order chi connectivity index (χ0) is 24.6. The van der Waals surface area contributed by atoms with Gasteiger partial charge in [0.25, 0.3) is 0 Å². The van der Waals surface area contributed by atoms with Gasteiger partial charge in [0, 0.05) is 27.2 Å². The van der Waals surface area contributed by atoms with E-state index in [1.807, 2.05) is 37.3 Å². The minimum atomic E-state index is -4.07. The van der Waals surface area contributed by atoms with Crippen LogP contribution in [-0.2, 0) is 26.3 Å². The first kappa shape index (κ1) is 26.3. The second-order valence-corrected chi connectivity index (χ2v) is 9.81. The highest BCUT2D eigenvalue weighted by Gasteiger charge is 2.32. The van der Waals surface area contributed by atoms with Crippen molar-refractivity contribution in [2.75, 3.05) is 31.5 Å². The molecule has 0 radical (unpaired) electrons. The van der Waals surface area contributed by atoms with Gasteiger partial charge in [-0.15, -0.1) is 0 Å². The first-order valence-electron chi connectivity index (χ1n) is 10.6. The van der Waals surface area contributed by atoms with Gasteiger partial charge in [0.05, 0.1) is 5.69 Å². The molecule has 2 rings (SSSR count). The van der Waals surface area contributed by atoms with Crippen molar-refractivity contribution in [3.8, 4) is 0 Å². The second kappa shape index (κ2) is 11.8. The largest absolute Gasteiger partial charge is 0.354 e. The van der Waals surface area contributed by atoms with Crippen LogP contribution in [0.1, 0.15) is 25.8 Å². The molecule has 0 fully saturated rings. The van der Waals surface area contributed by atoms with Crippen LogP contribution in [0, 0.1) is 5.82 Å². The molecule has 1 atom stereocenters. The number of benzene rings is 2. The first-order valence-corrected chi connectivity index (χ1v) is 12.0. The second-order valence-electron chi connectivity index (χ2n) is 7.75.